The highest BCUT2D eigenvalue weighted by atomic mass is 35.5. The lowest BCUT2D eigenvalue weighted by Gasteiger charge is -2.38. The Hall–Kier alpha value is -0.650. The van der Waals surface area contributed by atoms with Crippen LogP contribution in [0.1, 0.15) is 44.8 Å². The molecule has 0 bridgehead atoms. The minimum absolute atomic E-state index is 0. The van der Waals surface area contributed by atoms with Gasteiger partial charge >= 0.3 is 0 Å². The van der Waals surface area contributed by atoms with Crippen LogP contribution in [0.5, 0.6) is 0 Å². The van der Waals surface area contributed by atoms with Crippen LogP contribution in [0.4, 0.5) is 0 Å². The van der Waals surface area contributed by atoms with Crippen LogP contribution in [-0.4, -0.2) is 34.2 Å². The van der Waals surface area contributed by atoms with Crippen LogP contribution in [-0.2, 0) is 13.0 Å². The molecular weight excluding hydrogens is 264 g/mol. The van der Waals surface area contributed by atoms with Gasteiger partial charge in [0.15, 0.2) is 5.82 Å². The number of piperidine rings is 1. The lowest BCUT2D eigenvalue weighted by atomic mass is 9.91. The Bertz CT molecular complexity index is 371. The predicted molar refractivity (Wildman–Crippen MR) is 77.2 cm³/mol. The molecule has 2 rings (SSSR count). The van der Waals surface area contributed by atoms with Crippen molar-refractivity contribution in [3.8, 4) is 0 Å². The second kappa shape index (κ2) is 7.82. The van der Waals surface area contributed by atoms with Crippen LogP contribution < -0.4 is 5.73 Å². The first-order valence-electron chi connectivity index (χ1n) is 7.00. The summed E-state index contributed by atoms with van der Waals surface area (Å²) in [6.07, 6.45) is 4.43. The SMILES string of the molecule is CCCc1noc(CN2CCCC(C)C2CN)n1.Cl. The molecule has 19 heavy (non-hydrogen) atoms. The molecule has 2 N–H and O–H groups in total. The second-order valence-corrected chi connectivity index (χ2v) is 5.25. The molecular formula is C13H25ClN4O. The van der Waals surface area contributed by atoms with E-state index in [-0.39, 0.29) is 12.4 Å². The molecule has 1 aliphatic rings. The van der Waals surface area contributed by atoms with Crippen LogP contribution >= 0.6 is 12.4 Å². The van der Waals surface area contributed by atoms with Gasteiger partial charge in [0.05, 0.1) is 6.54 Å². The van der Waals surface area contributed by atoms with E-state index in [1.807, 2.05) is 0 Å². The Morgan fingerprint density at radius 1 is 1.47 bits per heavy atom. The highest BCUT2D eigenvalue weighted by Gasteiger charge is 2.28. The lowest BCUT2D eigenvalue weighted by molar-refractivity contribution is 0.0874. The van der Waals surface area contributed by atoms with E-state index in [4.69, 9.17) is 10.3 Å². The van der Waals surface area contributed by atoms with E-state index in [2.05, 4.69) is 28.9 Å². The molecule has 5 nitrogen and oxygen atoms in total. The number of nitrogens with two attached hydrogens (primary N) is 1. The number of aromatic nitrogens is 2. The van der Waals surface area contributed by atoms with Crippen LogP contribution in [0.3, 0.4) is 0 Å². The van der Waals surface area contributed by atoms with Gasteiger partial charge in [-0.2, -0.15) is 4.98 Å². The summed E-state index contributed by atoms with van der Waals surface area (Å²) in [4.78, 5) is 6.81. The molecule has 0 amide bonds. The largest absolute Gasteiger partial charge is 0.338 e. The van der Waals surface area contributed by atoms with Gasteiger partial charge in [-0.05, 0) is 31.7 Å². The number of aryl methyl sites for hydroxylation is 1. The van der Waals surface area contributed by atoms with Gasteiger partial charge in [0.25, 0.3) is 0 Å². The molecule has 0 spiro atoms. The monoisotopic (exact) mass is 288 g/mol. The highest BCUT2D eigenvalue weighted by molar-refractivity contribution is 5.85. The summed E-state index contributed by atoms with van der Waals surface area (Å²) in [5, 5.41) is 4.00. The van der Waals surface area contributed by atoms with E-state index >= 15 is 0 Å². The maximum atomic E-state index is 5.88. The smallest absolute Gasteiger partial charge is 0.240 e. The minimum Gasteiger partial charge on any atom is -0.338 e. The molecule has 1 aromatic rings. The van der Waals surface area contributed by atoms with E-state index in [1.165, 1.54) is 12.8 Å². The third-order valence-electron chi connectivity index (χ3n) is 3.79. The maximum Gasteiger partial charge on any atom is 0.240 e. The summed E-state index contributed by atoms with van der Waals surface area (Å²) < 4.78 is 5.30. The second-order valence-electron chi connectivity index (χ2n) is 5.25. The highest BCUT2D eigenvalue weighted by Crippen LogP contribution is 2.23. The van der Waals surface area contributed by atoms with Gasteiger partial charge in [-0.3, -0.25) is 4.90 Å². The summed E-state index contributed by atoms with van der Waals surface area (Å²) in [6, 6.07) is 0.445. The van der Waals surface area contributed by atoms with Crippen molar-refractivity contribution in [1.29, 1.82) is 0 Å². The summed E-state index contributed by atoms with van der Waals surface area (Å²) in [7, 11) is 0. The average Bonchev–Trinajstić information content (AvgIpc) is 2.77. The van der Waals surface area contributed by atoms with Crippen molar-refractivity contribution in [2.75, 3.05) is 13.1 Å². The van der Waals surface area contributed by atoms with Gasteiger partial charge in [-0.25, -0.2) is 0 Å². The van der Waals surface area contributed by atoms with E-state index in [1.54, 1.807) is 0 Å². The molecule has 2 atom stereocenters. The van der Waals surface area contributed by atoms with E-state index in [9.17, 15) is 0 Å². The van der Waals surface area contributed by atoms with Crippen LogP contribution in [0, 0.1) is 5.92 Å². The molecule has 2 heterocycles. The van der Waals surface area contributed by atoms with Crippen LogP contribution in [0.25, 0.3) is 0 Å². The normalized spacial score (nSPS) is 24.2. The summed E-state index contributed by atoms with van der Waals surface area (Å²) in [5.41, 5.74) is 5.88. The molecule has 0 aromatic carbocycles. The molecule has 0 saturated carbocycles. The van der Waals surface area contributed by atoms with Crippen molar-refractivity contribution in [1.82, 2.24) is 15.0 Å². The predicted octanol–water partition coefficient (Wildman–Crippen LogP) is 2.00. The zero-order valence-electron chi connectivity index (χ0n) is 11.8. The molecule has 6 heteroatoms. The van der Waals surface area contributed by atoms with Crippen molar-refractivity contribution in [2.45, 2.75) is 52.1 Å². The maximum absolute atomic E-state index is 5.88. The van der Waals surface area contributed by atoms with Crippen molar-refractivity contribution in [3.63, 3.8) is 0 Å². The van der Waals surface area contributed by atoms with Gasteiger partial charge in [-0.15, -0.1) is 12.4 Å². The molecule has 1 fully saturated rings. The summed E-state index contributed by atoms with van der Waals surface area (Å²) >= 11 is 0. The first kappa shape index (κ1) is 16.4. The summed E-state index contributed by atoms with van der Waals surface area (Å²) in [5.74, 6) is 2.20. The molecule has 110 valence electrons. The van der Waals surface area contributed by atoms with Gasteiger partial charge < -0.3 is 10.3 Å². The topological polar surface area (TPSA) is 68.2 Å². The summed E-state index contributed by atoms with van der Waals surface area (Å²) in [6.45, 7) is 6.92. The number of nitrogens with zero attached hydrogens (tertiary/aromatic N) is 3. The van der Waals surface area contributed by atoms with E-state index < -0.39 is 0 Å². The van der Waals surface area contributed by atoms with Gasteiger partial charge in [-0.1, -0.05) is 19.0 Å². The minimum atomic E-state index is 0. The Kier molecular flexibility index (Phi) is 6.75. The molecule has 1 saturated heterocycles. The van der Waals surface area contributed by atoms with Crippen molar-refractivity contribution in [2.24, 2.45) is 11.7 Å². The van der Waals surface area contributed by atoms with Gasteiger partial charge in [0.2, 0.25) is 5.89 Å². The fourth-order valence-electron chi connectivity index (χ4n) is 2.77. The lowest BCUT2D eigenvalue weighted by Crippen LogP contribution is -2.48. The van der Waals surface area contributed by atoms with Crippen molar-refractivity contribution < 1.29 is 4.52 Å². The zero-order chi connectivity index (χ0) is 13.0. The third-order valence-corrected chi connectivity index (χ3v) is 3.79. The molecule has 2 unspecified atom stereocenters. The number of hydrogen-bond donors (Lipinski definition) is 1. The number of likely N-dealkylation sites (tertiary alicyclic amines) is 1. The molecule has 0 aliphatic carbocycles. The molecule has 1 aromatic heterocycles. The molecule has 0 radical (unpaired) electrons. The number of rotatable bonds is 5. The van der Waals surface area contributed by atoms with Gasteiger partial charge in [0, 0.05) is 19.0 Å². The fourth-order valence-corrected chi connectivity index (χ4v) is 2.77. The van der Waals surface area contributed by atoms with Crippen molar-refractivity contribution in [3.05, 3.63) is 11.7 Å². The van der Waals surface area contributed by atoms with Crippen LogP contribution in [0.15, 0.2) is 4.52 Å². The Labute approximate surface area is 121 Å². The van der Waals surface area contributed by atoms with Crippen molar-refractivity contribution >= 4 is 12.4 Å². The third kappa shape index (κ3) is 4.16. The van der Waals surface area contributed by atoms with Crippen LogP contribution in [0.2, 0.25) is 0 Å². The number of halogens is 1. The first-order chi connectivity index (χ1) is 8.74. The standard InChI is InChI=1S/C13H24N4O.ClH/c1-3-5-12-15-13(18-16-12)9-17-7-4-6-10(2)11(17)8-14;/h10-11H,3-9,14H2,1-2H3;1H. The van der Waals surface area contributed by atoms with Gasteiger partial charge in [0.1, 0.15) is 0 Å². The Morgan fingerprint density at radius 2 is 2.26 bits per heavy atom. The Balaban J connectivity index is 0.00000180. The average molecular weight is 289 g/mol. The fraction of sp³-hybridized carbons (Fsp3) is 0.846. The first-order valence-corrected chi connectivity index (χ1v) is 7.00. The van der Waals surface area contributed by atoms with E-state index in [0.717, 1.165) is 37.6 Å². The zero-order valence-corrected chi connectivity index (χ0v) is 12.7. The quantitative estimate of drug-likeness (QED) is 0.897. The molecule has 1 aliphatic heterocycles. The Morgan fingerprint density at radius 3 is 2.95 bits per heavy atom. The number of hydrogen-bond acceptors (Lipinski definition) is 5. The van der Waals surface area contributed by atoms with E-state index in [0.29, 0.717) is 18.5 Å².